The lowest BCUT2D eigenvalue weighted by atomic mass is 10.1. The third-order valence-corrected chi connectivity index (χ3v) is 5.04. The normalized spacial score (nSPS) is 15.9. The standard InChI is InChI=1S/C17H24N6OS/c1-2-8-19-15(24)12-23-10-6-13(7-11-23)20-17-22-21-16(25-17)14-5-3-4-9-18-14/h3-5,9,13H,2,6-8,10-12H2,1H3,(H,19,24)(H,20,22). The van der Waals surface area contributed by atoms with Crippen LogP contribution in [0.4, 0.5) is 5.13 Å². The summed E-state index contributed by atoms with van der Waals surface area (Å²) in [7, 11) is 0. The second-order valence-electron chi connectivity index (χ2n) is 6.17. The Labute approximate surface area is 151 Å². The number of nitrogens with one attached hydrogen (secondary N) is 2. The lowest BCUT2D eigenvalue weighted by Crippen LogP contribution is -2.44. The first-order valence-corrected chi connectivity index (χ1v) is 9.56. The van der Waals surface area contributed by atoms with Gasteiger partial charge in [0.05, 0.1) is 6.54 Å². The highest BCUT2D eigenvalue weighted by atomic mass is 32.1. The molecule has 0 radical (unpaired) electrons. The molecule has 0 bridgehead atoms. The number of anilines is 1. The van der Waals surface area contributed by atoms with E-state index in [4.69, 9.17) is 0 Å². The predicted molar refractivity (Wildman–Crippen MR) is 99.5 cm³/mol. The minimum atomic E-state index is 0.123. The number of likely N-dealkylation sites (tertiary alicyclic amines) is 1. The van der Waals surface area contributed by atoms with Gasteiger partial charge in [-0.2, -0.15) is 0 Å². The van der Waals surface area contributed by atoms with Gasteiger partial charge in [0.15, 0.2) is 5.01 Å². The van der Waals surface area contributed by atoms with Gasteiger partial charge in [-0.15, -0.1) is 10.2 Å². The van der Waals surface area contributed by atoms with Crippen LogP contribution >= 0.6 is 11.3 Å². The fourth-order valence-corrected chi connectivity index (χ4v) is 3.61. The molecule has 1 fully saturated rings. The fraction of sp³-hybridized carbons (Fsp3) is 0.529. The Kier molecular flexibility index (Phi) is 6.30. The lowest BCUT2D eigenvalue weighted by Gasteiger charge is -2.31. The Balaban J connectivity index is 1.45. The maximum absolute atomic E-state index is 11.8. The van der Waals surface area contributed by atoms with E-state index in [-0.39, 0.29) is 5.91 Å². The summed E-state index contributed by atoms with van der Waals surface area (Å²) in [6.07, 6.45) is 4.73. The van der Waals surface area contributed by atoms with Crippen molar-refractivity contribution >= 4 is 22.4 Å². The van der Waals surface area contributed by atoms with Crippen LogP contribution in [0.25, 0.3) is 10.7 Å². The number of hydrogen-bond donors (Lipinski definition) is 2. The average molecular weight is 360 g/mol. The molecule has 1 saturated heterocycles. The molecule has 2 aromatic heterocycles. The molecule has 1 amide bonds. The van der Waals surface area contributed by atoms with Crippen LogP contribution in [-0.2, 0) is 4.79 Å². The van der Waals surface area contributed by atoms with Crippen molar-refractivity contribution in [3.8, 4) is 10.7 Å². The van der Waals surface area contributed by atoms with E-state index in [1.165, 1.54) is 11.3 Å². The van der Waals surface area contributed by atoms with E-state index >= 15 is 0 Å². The Bertz CT molecular complexity index is 669. The van der Waals surface area contributed by atoms with Crippen molar-refractivity contribution in [3.63, 3.8) is 0 Å². The SMILES string of the molecule is CCCNC(=O)CN1CCC(Nc2nnc(-c3ccccn3)s2)CC1. The third kappa shape index (κ3) is 5.20. The largest absolute Gasteiger partial charge is 0.357 e. The van der Waals surface area contributed by atoms with Crippen molar-refractivity contribution in [1.82, 2.24) is 25.4 Å². The monoisotopic (exact) mass is 360 g/mol. The van der Waals surface area contributed by atoms with E-state index in [0.29, 0.717) is 12.6 Å². The van der Waals surface area contributed by atoms with Crippen molar-refractivity contribution in [1.29, 1.82) is 0 Å². The van der Waals surface area contributed by atoms with Gasteiger partial charge in [0.1, 0.15) is 5.69 Å². The summed E-state index contributed by atoms with van der Waals surface area (Å²) in [6.45, 7) is 5.15. The summed E-state index contributed by atoms with van der Waals surface area (Å²) >= 11 is 1.53. The number of nitrogens with zero attached hydrogens (tertiary/aromatic N) is 4. The number of carbonyl (C=O) groups is 1. The molecule has 2 aromatic rings. The van der Waals surface area contributed by atoms with Crippen LogP contribution in [0.15, 0.2) is 24.4 Å². The van der Waals surface area contributed by atoms with Gasteiger partial charge in [0.2, 0.25) is 11.0 Å². The zero-order valence-electron chi connectivity index (χ0n) is 14.4. The van der Waals surface area contributed by atoms with Crippen molar-refractivity contribution in [2.45, 2.75) is 32.2 Å². The maximum Gasteiger partial charge on any atom is 0.234 e. The molecule has 0 unspecified atom stereocenters. The molecule has 0 atom stereocenters. The fourth-order valence-electron chi connectivity index (χ4n) is 2.81. The van der Waals surface area contributed by atoms with Crippen LogP contribution in [0.1, 0.15) is 26.2 Å². The van der Waals surface area contributed by atoms with Crippen LogP contribution in [0, 0.1) is 0 Å². The predicted octanol–water partition coefficient (Wildman–Crippen LogP) is 2.00. The van der Waals surface area contributed by atoms with Crippen LogP contribution in [-0.4, -0.2) is 58.2 Å². The first-order valence-electron chi connectivity index (χ1n) is 8.75. The number of piperidine rings is 1. The van der Waals surface area contributed by atoms with Crippen LogP contribution in [0.5, 0.6) is 0 Å². The Hall–Kier alpha value is -2.06. The number of hydrogen-bond acceptors (Lipinski definition) is 7. The second kappa shape index (κ2) is 8.87. The lowest BCUT2D eigenvalue weighted by molar-refractivity contribution is -0.122. The maximum atomic E-state index is 11.8. The van der Waals surface area contributed by atoms with Gasteiger partial charge in [-0.1, -0.05) is 24.3 Å². The van der Waals surface area contributed by atoms with E-state index in [1.54, 1.807) is 6.20 Å². The highest BCUT2D eigenvalue weighted by Gasteiger charge is 2.21. The zero-order chi connectivity index (χ0) is 17.5. The molecule has 25 heavy (non-hydrogen) atoms. The first kappa shape index (κ1) is 17.8. The first-order chi connectivity index (χ1) is 12.2. The number of carbonyl (C=O) groups excluding carboxylic acids is 1. The summed E-state index contributed by atoms with van der Waals surface area (Å²) in [5.41, 5.74) is 0.848. The molecule has 7 nitrogen and oxygen atoms in total. The quantitative estimate of drug-likeness (QED) is 0.786. The molecule has 0 saturated carbocycles. The minimum absolute atomic E-state index is 0.123. The van der Waals surface area contributed by atoms with Crippen molar-refractivity contribution in [2.75, 3.05) is 31.5 Å². The average Bonchev–Trinajstić information content (AvgIpc) is 3.11. The third-order valence-electron chi connectivity index (χ3n) is 4.16. The number of amides is 1. The Morgan fingerprint density at radius 1 is 1.32 bits per heavy atom. The van der Waals surface area contributed by atoms with Crippen molar-refractivity contribution in [3.05, 3.63) is 24.4 Å². The summed E-state index contributed by atoms with van der Waals surface area (Å²) in [5.74, 6) is 0.123. The van der Waals surface area contributed by atoms with Crippen molar-refractivity contribution in [2.24, 2.45) is 0 Å². The second-order valence-corrected chi connectivity index (χ2v) is 7.15. The molecule has 3 heterocycles. The van der Waals surface area contributed by atoms with Gasteiger partial charge in [-0.05, 0) is 31.4 Å². The molecule has 3 rings (SSSR count). The molecule has 134 valence electrons. The molecule has 1 aliphatic rings. The Morgan fingerprint density at radius 2 is 2.16 bits per heavy atom. The molecule has 0 spiro atoms. The van der Waals surface area contributed by atoms with Gasteiger partial charge in [0.25, 0.3) is 0 Å². The zero-order valence-corrected chi connectivity index (χ0v) is 15.3. The minimum Gasteiger partial charge on any atom is -0.357 e. The van der Waals surface area contributed by atoms with Gasteiger partial charge < -0.3 is 10.6 Å². The molecule has 2 N–H and O–H groups in total. The van der Waals surface area contributed by atoms with E-state index in [9.17, 15) is 4.79 Å². The molecule has 1 aliphatic heterocycles. The number of rotatable bonds is 7. The van der Waals surface area contributed by atoms with Gasteiger partial charge in [-0.25, -0.2) is 0 Å². The van der Waals surface area contributed by atoms with Crippen LogP contribution in [0.3, 0.4) is 0 Å². The van der Waals surface area contributed by atoms with Gasteiger partial charge >= 0.3 is 0 Å². The van der Waals surface area contributed by atoms with Crippen molar-refractivity contribution < 1.29 is 4.79 Å². The Morgan fingerprint density at radius 3 is 2.88 bits per heavy atom. The van der Waals surface area contributed by atoms with Gasteiger partial charge in [-0.3, -0.25) is 14.7 Å². The molecular weight excluding hydrogens is 336 g/mol. The summed E-state index contributed by atoms with van der Waals surface area (Å²) in [6, 6.07) is 6.15. The van der Waals surface area contributed by atoms with Crippen LogP contribution in [0.2, 0.25) is 0 Å². The molecule has 0 aromatic carbocycles. The molecule has 0 aliphatic carbocycles. The number of pyridine rings is 1. The highest BCUT2D eigenvalue weighted by Crippen LogP contribution is 2.26. The summed E-state index contributed by atoms with van der Waals surface area (Å²) < 4.78 is 0. The molecule has 8 heteroatoms. The van der Waals surface area contributed by atoms with E-state index in [2.05, 4.69) is 37.6 Å². The smallest absolute Gasteiger partial charge is 0.234 e. The van der Waals surface area contributed by atoms with E-state index < -0.39 is 0 Å². The number of aromatic nitrogens is 3. The highest BCUT2D eigenvalue weighted by molar-refractivity contribution is 7.18. The van der Waals surface area contributed by atoms with E-state index in [0.717, 1.165) is 54.7 Å². The van der Waals surface area contributed by atoms with Gasteiger partial charge in [0, 0.05) is 31.9 Å². The van der Waals surface area contributed by atoms with E-state index in [1.807, 2.05) is 18.2 Å². The topological polar surface area (TPSA) is 83.0 Å². The summed E-state index contributed by atoms with van der Waals surface area (Å²) in [4.78, 5) is 18.3. The summed E-state index contributed by atoms with van der Waals surface area (Å²) in [5, 5.41) is 16.5. The van der Waals surface area contributed by atoms with Crippen LogP contribution < -0.4 is 10.6 Å². The molecular formula is C17H24N6OS.